The van der Waals surface area contributed by atoms with Gasteiger partial charge >= 0.3 is 0 Å². The Morgan fingerprint density at radius 2 is 2.20 bits per heavy atom. The first-order valence-corrected chi connectivity index (χ1v) is 8.62. The summed E-state index contributed by atoms with van der Waals surface area (Å²) in [4.78, 5) is 0. The first-order chi connectivity index (χ1) is 9.67. The van der Waals surface area contributed by atoms with E-state index >= 15 is 0 Å². The van der Waals surface area contributed by atoms with Crippen LogP contribution in [0.1, 0.15) is 38.2 Å². The number of nitriles is 1. The molecule has 1 aliphatic rings. The van der Waals surface area contributed by atoms with Crippen LogP contribution in [0.3, 0.4) is 0 Å². The molecule has 0 aromatic heterocycles. The maximum absolute atomic E-state index is 9.44. The van der Waals surface area contributed by atoms with Crippen molar-refractivity contribution in [1.82, 2.24) is 5.32 Å². The second kappa shape index (κ2) is 7.36. The number of nitrogens with one attached hydrogen (secondary N) is 1. The van der Waals surface area contributed by atoms with Gasteiger partial charge in [0.2, 0.25) is 0 Å². The Morgan fingerprint density at radius 1 is 1.45 bits per heavy atom. The quantitative estimate of drug-likeness (QED) is 0.846. The lowest BCUT2D eigenvalue weighted by atomic mass is 10.00. The average Bonchev–Trinajstić information content (AvgIpc) is 2.89. The van der Waals surface area contributed by atoms with Crippen LogP contribution in [0.5, 0.6) is 0 Å². The lowest BCUT2D eigenvalue weighted by Gasteiger charge is -2.22. The summed E-state index contributed by atoms with van der Waals surface area (Å²) in [6.07, 6.45) is 4.14. The van der Waals surface area contributed by atoms with Crippen molar-refractivity contribution in [3.8, 4) is 6.07 Å². The molecule has 0 aliphatic heterocycles. The van der Waals surface area contributed by atoms with E-state index in [0.29, 0.717) is 5.25 Å². The Labute approximate surface area is 130 Å². The predicted octanol–water partition coefficient (Wildman–Crippen LogP) is 4.39. The topological polar surface area (TPSA) is 35.8 Å². The minimum absolute atomic E-state index is 0.284. The van der Waals surface area contributed by atoms with Gasteiger partial charge in [0, 0.05) is 16.0 Å². The van der Waals surface area contributed by atoms with Crippen molar-refractivity contribution < 1.29 is 0 Å². The highest BCUT2D eigenvalue weighted by Crippen LogP contribution is 2.38. The fraction of sp³-hybridized carbons (Fsp3) is 0.562. The van der Waals surface area contributed by atoms with Crippen molar-refractivity contribution in [2.24, 2.45) is 0 Å². The molecule has 1 aromatic carbocycles. The highest BCUT2D eigenvalue weighted by molar-refractivity contribution is 7.99. The molecular formula is C16H21ClN2S. The summed E-state index contributed by atoms with van der Waals surface area (Å²) in [7, 11) is 0. The second-order valence-corrected chi connectivity index (χ2v) is 7.15. The van der Waals surface area contributed by atoms with Crippen LogP contribution in [0.4, 0.5) is 0 Å². The fourth-order valence-electron chi connectivity index (χ4n) is 2.60. The standard InChI is InChI=1S/C16H21ClN2S/c1-2-9-19-16(12-18)8-7-15(10-16)20-11-13-3-5-14(17)6-4-13/h3-6,15,19H,2,7-11H2,1H3. The zero-order chi connectivity index (χ0) is 14.4. The molecule has 1 saturated carbocycles. The van der Waals surface area contributed by atoms with Crippen LogP contribution < -0.4 is 5.32 Å². The highest BCUT2D eigenvalue weighted by atomic mass is 35.5. The summed E-state index contributed by atoms with van der Waals surface area (Å²) in [5.74, 6) is 0.997. The molecule has 1 N–H and O–H groups in total. The fourth-order valence-corrected chi connectivity index (χ4v) is 4.04. The van der Waals surface area contributed by atoms with E-state index in [4.69, 9.17) is 11.6 Å². The van der Waals surface area contributed by atoms with Gasteiger partial charge in [-0.3, -0.25) is 5.32 Å². The maximum atomic E-state index is 9.44. The van der Waals surface area contributed by atoms with Gasteiger partial charge in [-0.2, -0.15) is 17.0 Å². The third-order valence-electron chi connectivity index (χ3n) is 3.80. The Morgan fingerprint density at radius 3 is 2.85 bits per heavy atom. The number of hydrogen-bond acceptors (Lipinski definition) is 3. The number of thioether (sulfide) groups is 1. The second-order valence-electron chi connectivity index (χ2n) is 5.42. The van der Waals surface area contributed by atoms with Crippen molar-refractivity contribution in [3.63, 3.8) is 0 Å². The Bertz CT molecular complexity index is 468. The Balaban J connectivity index is 1.83. The van der Waals surface area contributed by atoms with Gasteiger partial charge in [0.15, 0.2) is 0 Å². The SMILES string of the molecule is CCCNC1(C#N)CCC(SCc2ccc(Cl)cc2)C1. The lowest BCUT2D eigenvalue weighted by Crippen LogP contribution is -2.42. The molecule has 1 aromatic rings. The molecule has 0 radical (unpaired) electrons. The van der Waals surface area contributed by atoms with Crippen molar-refractivity contribution in [2.75, 3.05) is 6.54 Å². The largest absolute Gasteiger partial charge is 0.299 e. The summed E-state index contributed by atoms with van der Waals surface area (Å²) < 4.78 is 0. The molecule has 2 nitrogen and oxygen atoms in total. The van der Waals surface area contributed by atoms with Crippen LogP contribution in [0.15, 0.2) is 24.3 Å². The summed E-state index contributed by atoms with van der Waals surface area (Å²) >= 11 is 7.85. The van der Waals surface area contributed by atoms with E-state index in [2.05, 4.69) is 30.4 Å². The first-order valence-electron chi connectivity index (χ1n) is 7.20. The van der Waals surface area contributed by atoms with E-state index in [-0.39, 0.29) is 5.54 Å². The lowest BCUT2D eigenvalue weighted by molar-refractivity contribution is 0.424. The van der Waals surface area contributed by atoms with Crippen LogP contribution >= 0.6 is 23.4 Å². The van der Waals surface area contributed by atoms with Crippen LogP contribution in [0, 0.1) is 11.3 Å². The number of halogens is 1. The molecular weight excluding hydrogens is 288 g/mol. The van der Waals surface area contributed by atoms with Gasteiger partial charge in [0.25, 0.3) is 0 Å². The summed E-state index contributed by atoms with van der Waals surface area (Å²) in [6.45, 7) is 3.07. The minimum Gasteiger partial charge on any atom is -0.299 e. The van der Waals surface area contributed by atoms with Crippen molar-refractivity contribution in [1.29, 1.82) is 5.26 Å². The maximum Gasteiger partial charge on any atom is 0.107 e. The predicted molar refractivity (Wildman–Crippen MR) is 87.0 cm³/mol. The number of rotatable bonds is 6. The molecule has 0 saturated heterocycles. The van der Waals surface area contributed by atoms with E-state index in [1.54, 1.807) is 0 Å². The summed E-state index contributed by atoms with van der Waals surface area (Å²) in [5, 5.41) is 14.2. The number of benzene rings is 1. The smallest absolute Gasteiger partial charge is 0.107 e. The minimum atomic E-state index is -0.284. The normalized spacial score (nSPS) is 25.6. The molecule has 2 rings (SSSR count). The van der Waals surface area contributed by atoms with E-state index in [1.807, 2.05) is 23.9 Å². The van der Waals surface area contributed by atoms with E-state index in [1.165, 1.54) is 5.56 Å². The summed E-state index contributed by atoms with van der Waals surface area (Å²) in [5.41, 5.74) is 1.02. The molecule has 1 aliphatic carbocycles. The zero-order valence-electron chi connectivity index (χ0n) is 11.9. The van der Waals surface area contributed by atoms with Gasteiger partial charge in [-0.1, -0.05) is 30.7 Å². The van der Waals surface area contributed by atoms with Crippen LogP contribution in [-0.2, 0) is 5.75 Å². The Hall–Kier alpha value is -0.690. The van der Waals surface area contributed by atoms with Crippen molar-refractivity contribution in [3.05, 3.63) is 34.9 Å². The average molecular weight is 309 g/mol. The third-order valence-corrected chi connectivity index (χ3v) is 5.42. The molecule has 0 bridgehead atoms. The van der Waals surface area contributed by atoms with Gasteiger partial charge in [-0.05, 0) is 49.9 Å². The van der Waals surface area contributed by atoms with Crippen LogP contribution in [0.25, 0.3) is 0 Å². The Kier molecular flexibility index (Phi) is 5.77. The highest BCUT2D eigenvalue weighted by Gasteiger charge is 2.38. The third kappa shape index (κ3) is 4.15. The molecule has 0 amide bonds. The molecule has 2 unspecified atom stereocenters. The van der Waals surface area contributed by atoms with Crippen molar-refractivity contribution in [2.45, 2.75) is 49.1 Å². The molecule has 20 heavy (non-hydrogen) atoms. The molecule has 0 spiro atoms. The van der Waals surface area contributed by atoms with Gasteiger partial charge in [-0.25, -0.2) is 0 Å². The molecule has 108 valence electrons. The van der Waals surface area contributed by atoms with E-state index in [0.717, 1.165) is 43.0 Å². The van der Waals surface area contributed by atoms with Gasteiger partial charge in [-0.15, -0.1) is 0 Å². The molecule has 4 heteroatoms. The molecule has 0 heterocycles. The van der Waals surface area contributed by atoms with Crippen LogP contribution in [0.2, 0.25) is 5.02 Å². The van der Waals surface area contributed by atoms with Gasteiger partial charge in [0.05, 0.1) is 6.07 Å². The van der Waals surface area contributed by atoms with Crippen molar-refractivity contribution >= 4 is 23.4 Å². The van der Waals surface area contributed by atoms with Crippen LogP contribution in [-0.4, -0.2) is 17.3 Å². The van der Waals surface area contributed by atoms with E-state index < -0.39 is 0 Å². The van der Waals surface area contributed by atoms with Gasteiger partial charge in [0.1, 0.15) is 5.54 Å². The zero-order valence-corrected chi connectivity index (χ0v) is 13.4. The van der Waals surface area contributed by atoms with E-state index in [9.17, 15) is 5.26 Å². The summed E-state index contributed by atoms with van der Waals surface area (Å²) in [6, 6.07) is 10.5. The monoisotopic (exact) mass is 308 g/mol. The number of hydrogen-bond donors (Lipinski definition) is 1. The molecule has 1 fully saturated rings. The van der Waals surface area contributed by atoms with Gasteiger partial charge < -0.3 is 0 Å². The first kappa shape index (κ1) is 15.7. The number of nitrogens with zero attached hydrogens (tertiary/aromatic N) is 1. The molecule has 2 atom stereocenters.